The molecule has 0 saturated heterocycles. The number of aromatic nitrogens is 2. The molecule has 0 radical (unpaired) electrons. The first-order chi connectivity index (χ1) is 5.98. The summed E-state index contributed by atoms with van der Waals surface area (Å²) in [5.41, 5.74) is 1.70. The maximum atomic E-state index is 11.3. The molecule has 0 aliphatic heterocycles. The summed E-state index contributed by atoms with van der Waals surface area (Å²) in [6.45, 7) is 6.27. The van der Waals surface area contributed by atoms with E-state index in [9.17, 15) is 4.79 Å². The van der Waals surface area contributed by atoms with Crippen LogP contribution in [0.1, 0.15) is 49.2 Å². The molecule has 13 heavy (non-hydrogen) atoms. The Morgan fingerprint density at radius 3 is 2.54 bits per heavy atom. The molecular weight excluding hydrogens is 164 g/mol. The summed E-state index contributed by atoms with van der Waals surface area (Å²) in [6, 6.07) is 0. The Labute approximate surface area is 77.6 Å². The number of hydrogen-bond donors (Lipinski definition) is 1. The smallest absolute Gasteiger partial charge is 0.183 e. The van der Waals surface area contributed by atoms with Crippen LogP contribution in [-0.4, -0.2) is 15.8 Å². The molecule has 1 aliphatic rings. The van der Waals surface area contributed by atoms with Crippen LogP contribution in [0.3, 0.4) is 0 Å². The van der Waals surface area contributed by atoms with Crippen LogP contribution in [0.25, 0.3) is 0 Å². The predicted molar refractivity (Wildman–Crippen MR) is 49.9 cm³/mol. The number of ketones is 1. The van der Waals surface area contributed by atoms with Gasteiger partial charge in [0.25, 0.3) is 0 Å². The molecule has 0 aromatic carbocycles. The van der Waals surface area contributed by atoms with Gasteiger partial charge in [-0.3, -0.25) is 4.79 Å². The number of aromatic amines is 1. The largest absolute Gasteiger partial charge is 0.345 e. The van der Waals surface area contributed by atoms with Gasteiger partial charge in [-0.05, 0) is 6.42 Å². The molecule has 1 aromatic heterocycles. The standard InChI is InChI=1S/C10H14N2O/c1-10(2,3)9-11-6-4-5-7(13)8(6)12-9/h4-5H2,1-3H3,(H,11,12). The maximum absolute atomic E-state index is 11.3. The lowest BCUT2D eigenvalue weighted by molar-refractivity contribution is 0.0990. The van der Waals surface area contributed by atoms with Gasteiger partial charge in [-0.1, -0.05) is 20.8 Å². The first kappa shape index (κ1) is 8.48. The first-order valence-electron chi connectivity index (χ1n) is 4.61. The minimum absolute atomic E-state index is 0.00458. The Morgan fingerprint density at radius 1 is 1.31 bits per heavy atom. The average molecular weight is 178 g/mol. The zero-order valence-corrected chi connectivity index (χ0v) is 8.27. The zero-order valence-electron chi connectivity index (χ0n) is 8.27. The summed E-state index contributed by atoms with van der Waals surface area (Å²) < 4.78 is 0. The van der Waals surface area contributed by atoms with Crippen molar-refractivity contribution in [2.75, 3.05) is 0 Å². The van der Waals surface area contributed by atoms with E-state index in [-0.39, 0.29) is 11.2 Å². The molecule has 0 atom stereocenters. The van der Waals surface area contributed by atoms with Crippen LogP contribution in [0.5, 0.6) is 0 Å². The van der Waals surface area contributed by atoms with E-state index in [1.54, 1.807) is 0 Å². The van der Waals surface area contributed by atoms with E-state index in [0.717, 1.165) is 17.9 Å². The number of aryl methyl sites for hydroxylation is 1. The minimum Gasteiger partial charge on any atom is -0.345 e. The van der Waals surface area contributed by atoms with Gasteiger partial charge < -0.3 is 4.98 Å². The number of carbonyl (C=O) groups excluding carboxylic acids is 1. The molecule has 3 nitrogen and oxygen atoms in total. The first-order valence-corrected chi connectivity index (χ1v) is 4.61. The normalized spacial score (nSPS) is 16.4. The van der Waals surface area contributed by atoms with Gasteiger partial charge in [0.1, 0.15) is 11.5 Å². The van der Waals surface area contributed by atoms with Crippen LogP contribution in [0.4, 0.5) is 0 Å². The molecule has 1 aromatic rings. The summed E-state index contributed by atoms with van der Waals surface area (Å²) in [5, 5.41) is 0. The van der Waals surface area contributed by atoms with Crippen molar-refractivity contribution in [3.63, 3.8) is 0 Å². The lowest BCUT2D eigenvalue weighted by Gasteiger charge is -2.14. The Hall–Kier alpha value is -1.12. The fourth-order valence-corrected chi connectivity index (χ4v) is 1.53. The van der Waals surface area contributed by atoms with Crippen molar-refractivity contribution >= 4 is 5.78 Å². The van der Waals surface area contributed by atoms with Crippen LogP contribution in [0, 0.1) is 0 Å². The van der Waals surface area contributed by atoms with Gasteiger partial charge >= 0.3 is 0 Å². The highest BCUT2D eigenvalue weighted by molar-refractivity contribution is 5.98. The number of hydrogen-bond acceptors (Lipinski definition) is 2. The summed E-state index contributed by atoms with van der Waals surface area (Å²) in [7, 11) is 0. The molecule has 1 aliphatic carbocycles. The van der Waals surface area contributed by atoms with Crippen molar-refractivity contribution in [2.24, 2.45) is 0 Å². The van der Waals surface area contributed by atoms with Crippen molar-refractivity contribution in [1.29, 1.82) is 0 Å². The van der Waals surface area contributed by atoms with E-state index in [2.05, 4.69) is 30.7 Å². The van der Waals surface area contributed by atoms with Crippen LogP contribution >= 0.6 is 0 Å². The van der Waals surface area contributed by atoms with Crippen molar-refractivity contribution in [2.45, 2.75) is 39.0 Å². The summed E-state index contributed by atoms with van der Waals surface area (Å²) >= 11 is 0. The third kappa shape index (κ3) is 1.28. The molecule has 0 fully saturated rings. The number of carbonyl (C=O) groups is 1. The Bertz CT molecular complexity index is 357. The highest BCUT2D eigenvalue weighted by Gasteiger charge is 2.27. The van der Waals surface area contributed by atoms with Crippen molar-refractivity contribution in [3.8, 4) is 0 Å². The van der Waals surface area contributed by atoms with Crippen LogP contribution in [0.15, 0.2) is 0 Å². The van der Waals surface area contributed by atoms with E-state index in [0.29, 0.717) is 12.1 Å². The maximum Gasteiger partial charge on any atom is 0.183 e. The summed E-state index contributed by atoms with van der Waals surface area (Å²) in [6.07, 6.45) is 1.45. The Balaban J connectivity index is 2.45. The van der Waals surface area contributed by atoms with Crippen LogP contribution < -0.4 is 0 Å². The highest BCUT2D eigenvalue weighted by Crippen LogP contribution is 2.25. The monoisotopic (exact) mass is 178 g/mol. The molecule has 2 rings (SSSR count). The van der Waals surface area contributed by atoms with Crippen molar-refractivity contribution < 1.29 is 4.79 Å². The number of rotatable bonds is 0. The fraction of sp³-hybridized carbons (Fsp3) is 0.600. The molecule has 1 heterocycles. The topological polar surface area (TPSA) is 45.8 Å². The van der Waals surface area contributed by atoms with E-state index < -0.39 is 0 Å². The Kier molecular flexibility index (Phi) is 1.59. The fourth-order valence-electron chi connectivity index (χ4n) is 1.53. The lowest BCUT2D eigenvalue weighted by Crippen LogP contribution is -2.14. The molecule has 0 amide bonds. The van der Waals surface area contributed by atoms with Crippen molar-refractivity contribution in [3.05, 3.63) is 17.2 Å². The van der Waals surface area contributed by atoms with Crippen LogP contribution in [0.2, 0.25) is 0 Å². The zero-order chi connectivity index (χ0) is 9.64. The molecule has 70 valence electrons. The third-order valence-electron chi connectivity index (χ3n) is 2.36. The molecule has 0 saturated carbocycles. The van der Waals surface area contributed by atoms with Gasteiger partial charge in [0, 0.05) is 17.5 Å². The summed E-state index contributed by atoms with van der Waals surface area (Å²) in [5.74, 6) is 1.10. The van der Waals surface area contributed by atoms with Gasteiger partial charge in [-0.15, -0.1) is 0 Å². The molecular formula is C10H14N2O. The van der Waals surface area contributed by atoms with Crippen LogP contribution in [-0.2, 0) is 11.8 Å². The second-order valence-electron chi connectivity index (χ2n) is 4.59. The van der Waals surface area contributed by atoms with E-state index in [1.165, 1.54) is 0 Å². The Morgan fingerprint density at radius 2 is 2.00 bits per heavy atom. The van der Waals surface area contributed by atoms with Gasteiger partial charge in [0.15, 0.2) is 5.78 Å². The quantitative estimate of drug-likeness (QED) is 0.658. The average Bonchev–Trinajstić information content (AvgIpc) is 2.51. The second kappa shape index (κ2) is 2.44. The van der Waals surface area contributed by atoms with Gasteiger partial charge in [-0.2, -0.15) is 0 Å². The second-order valence-corrected chi connectivity index (χ2v) is 4.59. The molecule has 1 N–H and O–H groups in total. The van der Waals surface area contributed by atoms with E-state index in [4.69, 9.17) is 0 Å². The number of Topliss-reactive ketones (excluding diaryl/α,β-unsaturated/α-hetero) is 1. The van der Waals surface area contributed by atoms with Gasteiger partial charge in [-0.25, -0.2) is 4.98 Å². The SMILES string of the molecule is CC(C)(C)c1nc2c([nH]1)CCC2=O. The van der Waals surface area contributed by atoms with Gasteiger partial charge in [0.05, 0.1) is 0 Å². The number of fused-ring (bicyclic) bond motifs is 1. The van der Waals surface area contributed by atoms with E-state index >= 15 is 0 Å². The number of H-pyrrole nitrogens is 1. The summed E-state index contributed by atoms with van der Waals surface area (Å²) in [4.78, 5) is 18.9. The highest BCUT2D eigenvalue weighted by atomic mass is 16.1. The number of nitrogens with one attached hydrogen (secondary N) is 1. The predicted octanol–water partition coefficient (Wildman–Crippen LogP) is 1.84. The minimum atomic E-state index is 0.00458. The van der Waals surface area contributed by atoms with Crippen molar-refractivity contribution in [1.82, 2.24) is 9.97 Å². The number of nitrogens with zero attached hydrogens (tertiary/aromatic N) is 1. The molecule has 0 bridgehead atoms. The number of imidazole rings is 1. The third-order valence-corrected chi connectivity index (χ3v) is 2.36. The molecule has 3 heteroatoms. The molecule has 0 unspecified atom stereocenters. The van der Waals surface area contributed by atoms with Gasteiger partial charge in [0.2, 0.25) is 0 Å². The molecule has 0 spiro atoms. The lowest BCUT2D eigenvalue weighted by atomic mass is 9.96. The van der Waals surface area contributed by atoms with E-state index in [1.807, 2.05) is 0 Å².